The zero-order valence-electron chi connectivity index (χ0n) is 9.70. The molecule has 1 amide bonds. The van der Waals surface area contributed by atoms with Crippen molar-refractivity contribution < 1.29 is 4.79 Å². The number of nitrogens with one attached hydrogen (secondary N) is 2. The molecule has 0 aromatic carbocycles. The maximum atomic E-state index is 12.0. The number of likely N-dealkylation sites (N-methyl/N-ethyl adjacent to an activating group) is 1. The van der Waals surface area contributed by atoms with E-state index in [1.807, 2.05) is 24.2 Å². The van der Waals surface area contributed by atoms with Gasteiger partial charge >= 0.3 is 0 Å². The lowest BCUT2D eigenvalue weighted by molar-refractivity contribution is -0.133. The minimum Gasteiger partial charge on any atom is -0.365 e. The van der Waals surface area contributed by atoms with Gasteiger partial charge in [0.2, 0.25) is 5.91 Å². The molecule has 1 aliphatic rings. The van der Waals surface area contributed by atoms with Gasteiger partial charge in [-0.25, -0.2) is 0 Å². The van der Waals surface area contributed by atoms with Crippen LogP contribution in [0.5, 0.6) is 0 Å². The van der Waals surface area contributed by atoms with Crippen LogP contribution in [0.15, 0.2) is 18.3 Å². The summed E-state index contributed by atoms with van der Waals surface area (Å²) >= 11 is 0. The zero-order chi connectivity index (χ0) is 11.4. The lowest BCUT2D eigenvalue weighted by Crippen LogP contribution is -2.35. The van der Waals surface area contributed by atoms with Gasteiger partial charge < -0.3 is 15.2 Å². The monoisotopic (exact) mass is 221 g/mol. The number of aromatic amines is 1. The van der Waals surface area contributed by atoms with Crippen LogP contribution in [0.2, 0.25) is 0 Å². The van der Waals surface area contributed by atoms with Crippen LogP contribution in [0.1, 0.15) is 12.1 Å². The van der Waals surface area contributed by atoms with Crippen LogP contribution in [0, 0.1) is 5.92 Å². The second-order valence-electron chi connectivity index (χ2n) is 4.39. The van der Waals surface area contributed by atoms with Crippen molar-refractivity contribution in [2.24, 2.45) is 5.92 Å². The van der Waals surface area contributed by atoms with Gasteiger partial charge in [-0.3, -0.25) is 4.79 Å². The van der Waals surface area contributed by atoms with Gasteiger partial charge in [-0.2, -0.15) is 0 Å². The molecule has 88 valence electrons. The number of hydrogen-bond donors (Lipinski definition) is 2. The van der Waals surface area contributed by atoms with E-state index in [0.717, 1.165) is 32.5 Å². The van der Waals surface area contributed by atoms with E-state index in [0.29, 0.717) is 0 Å². The summed E-state index contributed by atoms with van der Waals surface area (Å²) in [5, 5.41) is 3.22. The van der Waals surface area contributed by atoms with Crippen molar-refractivity contribution in [3.05, 3.63) is 24.0 Å². The van der Waals surface area contributed by atoms with E-state index < -0.39 is 0 Å². The fourth-order valence-electron chi connectivity index (χ4n) is 2.10. The maximum Gasteiger partial charge on any atom is 0.226 e. The Morgan fingerprint density at radius 1 is 1.62 bits per heavy atom. The van der Waals surface area contributed by atoms with Crippen molar-refractivity contribution >= 4 is 5.91 Å². The summed E-state index contributed by atoms with van der Waals surface area (Å²) in [5.74, 6) is 0.463. The van der Waals surface area contributed by atoms with Gasteiger partial charge in [-0.15, -0.1) is 0 Å². The lowest BCUT2D eigenvalue weighted by Gasteiger charge is -2.20. The normalized spacial score (nSPS) is 19.9. The van der Waals surface area contributed by atoms with Crippen LogP contribution < -0.4 is 5.32 Å². The summed E-state index contributed by atoms with van der Waals surface area (Å²) in [7, 11) is 1.89. The molecule has 1 aliphatic heterocycles. The standard InChI is InChI=1S/C12H19N3O/c1-15(8-5-11-3-2-6-14-11)12(16)10-4-7-13-9-10/h2-3,6,10,13-14H,4-5,7-9H2,1H3. The molecule has 4 nitrogen and oxygen atoms in total. The molecule has 2 N–H and O–H groups in total. The first-order valence-corrected chi connectivity index (χ1v) is 5.85. The average Bonchev–Trinajstić information content (AvgIpc) is 2.96. The molecule has 1 aromatic heterocycles. The number of H-pyrrole nitrogens is 1. The third-order valence-corrected chi connectivity index (χ3v) is 3.16. The van der Waals surface area contributed by atoms with Crippen LogP contribution in [0.25, 0.3) is 0 Å². The van der Waals surface area contributed by atoms with Crippen LogP contribution in [-0.2, 0) is 11.2 Å². The molecule has 0 radical (unpaired) electrons. The third-order valence-electron chi connectivity index (χ3n) is 3.16. The highest BCUT2D eigenvalue weighted by molar-refractivity contribution is 5.79. The molecule has 1 unspecified atom stereocenters. The summed E-state index contributed by atoms with van der Waals surface area (Å²) in [4.78, 5) is 17.0. The van der Waals surface area contributed by atoms with Gasteiger partial charge in [0, 0.05) is 38.4 Å². The molecule has 1 fully saturated rings. The van der Waals surface area contributed by atoms with Crippen LogP contribution in [-0.4, -0.2) is 42.5 Å². The van der Waals surface area contributed by atoms with E-state index >= 15 is 0 Å². The summed E-state index contributed by atoms with van der Waals surface area (Å²) in [5.41, 5.74) is 1.18. The Balaban J connectivity index is 1.78. The quantitative estimate of drug-likeness (QED) is 0.783. The van der Waals surface area contributed by atoms with E-state index in [4.69, 9.17) is 0 Å². The molecular formula is C12H19N3O. The molecule has 2 rings (SSSR count). The van der Waals surface area contributed by atoms with Crippen molar-refractivity contribution in [3.63, 3.8) is 0 Å². The van der Waals surface area contributed by atoms with Crippen LogP contribution >= 0.6 is 0 Å². The highest BCUT2D eigenvalue weighted by Gasteiger charge is 2.24. The van der Waals surface area contributed by atoms with Crippen LogP contribution in [0.3, 0.4) is 0 Å². The van der Waals surface area contributed by atoms with Crippen LogP contribution in [0.4, 0.5) is 0 Å². The van der Waals surface area contributed by atoms with Crippen molar-refractivity contribution in [1.29, 1.82) is 0 Å². The van der Waals surface area contributed by atoms with E-state index in [9.17, 15) is 4.79 Å². The molecule has 1 aromatic rings. The van der Waals surface area contributed by atoms with E-state index in [-0.39, 0.29) is 11.8 Å². The Bertz CT molecular complexity index is 328. The second kappa shape index (κ2) is 5.16. The Morgan fingerprint density at radius 3 is 3.12 bits per heavy atom. The molecule has 1 atom stereocenters. The molecule has 2 heterocycles. The fourth-order valence-corrected chi connectivity index (χ4v) is 2.10. The molecule has 0 spiro atoms. The van der Waals surface area contributed by atoms with Crippen molar-refractivity contribution in [1.82, 2.24) is 15.2 Å². The zero-order valence-corrected chi connectivity index (χ0v) is 9.70. The van der Waals surface area contributed by atoms with Gasteiger partial charge in [0.05, 0.1) is 5.92 Å². The van der Waals surface area contributed by atoms with Gasteiger partial charge in [-0.1, -0.05) is 0 Å². The number of nitrogens with zero attached hydrogens (tertiary/aromatic N) is 1. The lowest BCUT2D eigenvalue weighted by atomic mass is 10.1. The summed E-state index contributed by atoms with van der Waals surface area (Å²) in [6.07, 6.45) is 3.79. The highest BCUT2D eigenvalue weighted by atomic mass is 16.2. The summed E-state index contributed by atoms with van der Waals surface area (Å²) < 4.78 is 0. The Labute approximate surface area is 96.0 Å². The Hall–Kier alpha value is -1.29. The van der Waals surface area contributed by atoms with Crippen molar-refractivity contribution in [2.45, 2.75) is 12.8 Å². The Kier molecular flexibility index (Phi) is 3.62. The predicted molar refractivity (Wildman–Crippen MR) is 63.1 cm³/mol. The SMILES string of the molecule is CN(CCc1ccc[nH]1)C(=O)C1CCNC1. The largest absolute Gasteiger partial charge is 0.365 e. The van der Waals surface area contributed by atoms with Crippen molar-refractivity contribution in [3.8, 4) is 0 Å². The molecule has 1 saturated heterocycles. The summed E-state index contributed by atoms with van der Waals surface area (Å²) in [6, 6.07) is 4.04. The number of rotatable bonds is 4. The first-order valence-electron chi connectivity index (χ1n) is 5.85. The maximum absolute atomic E-state index is 12.0. The second-order valence-corrected chi connectivity index (χ2v) is 4.39. The van der Waals surface area contributed by atoms with Gasteiger partial charge in [-0.05, 0) is 25.1 Å². The smallest absolute Gasteiger partial charge is 0.226 e. The number of carbonyl (C=O) groups excluding carboxylic acids is 1. The molecule has 0 aliphatic carbocycles. The van der Waals surface area contributed by atoms with E-state index in [1.165, 1.54) is 5.69 Å². The molecule has 16 heavy (non-hydrogen) atoms. The molecule has 0 saturated carbocycles. The number of aromatic nitrogens is 1. The minimum atomic E-state index is 0.189. The third kappa shape index (κ3) is 2.64. The average molecular weight is 221 g/mol. The molecule has 0 bridgehead atoms. The van der Waals surface area contributed by atoms with E-state index in [1.54, 1.807) is 0 Å². The highest BCUT2D eigenvalue weighted by Crippen LogP contribution is 2.11. The molecular weight excluding hydrogens is 202 g/mol. The minimum absolute atomic E-state index is 0.189. The van der Waals surface area contributed by atoms with Gasteiger partial charge in [0.15, 0.2) is 0 Å². The van der Waals surface area contributed by atoms with Gasteiger partial charge in [0.25, 0.3) is 0 Å². The topological polar surface area (TPSA) is 48.1 Å². The first-order chi connectivity index (χ1) is 7.77. The first kappa shape index (κ1) is 11.2. The summed E-state index contributed by atoms with van der Waals surface area (Å²) in [6.45, 7) is 2.60. The van der Waals surface area contributed by atoms with E-state index in [2.05, 4.69) is 16.4 Å². The number of amides is 1. The van der Waals surface area contributed by atoms with Crippen molar-refractivity contribution in [2.75, 3.05) is 26.7 Å². The molecule has 4 heteroatoms. The fraction of sp³-hybridized carbons (Fsp3) is 0.583. The number of hydrogen-bond acceptors (Lipinski definition) is 2. The Morgan fingerprint density at radius 2 is 2.50 bits per heavy atom. The predicted octanol–water partition coefficient (Wildman–Crippen LogP) is 0.625. The van der Waals surface area contributed by atoms with Gasteiger partial charge in [0.1, 0.15) is 0 Å². The number of carbonyl (C=O) groups is 1.